The number of aryl methyl sites for hydroxylation is 1. The van der Waals surface area contributed by atoms with E-state index in [-0.39, 0.29) is 10.7 Å². The molecule has 90 valence electrons. The second-order valence-electron chi connectivity index (χ2n) is 3.49. The van der Waals surface area contributed by atoms with Gasteiger partial charge in [-0.05, 0) is 11.7 Å². The highest BCUT2D eigenvalue weighted by Gasteiger charge is 2.27. The normalized spacial score (nSPS) is 11.6. The van der Waals surface area contributed by atoms with Crippen molar-refractivity contribution in [3.8, 4) is 11.3 Å². The molecule has 0 aliphatic carbocycles. The van der Waals surface area contributed by atoms with Gasteiger partial charge in [0.1, 0.15) is 0 Å². The first-order chi connectivity index (χ1) is 8.02. The zero-order valence-corrected chi connectivity index (χ0v) is 10.0. The molecule has 0 radical (unpaired) electrons. The molecule has 5 nitrogen and oxygen atoms in total. The van der Waals surface area contributed by atoms with Gasteiger partial charge in [-0.3, -0.25) is 4.55 Å². The smallest absolute Gasteiger partial charge is 0.282 e. The number of benzene rings is 1. The Kier molecular flexibility index (Phi) is 2.99. The predicted molar refractivity (Wildman–Crippen MR) is 59.8 cm³/mol. The lowest BCUT2D eigenvalue weighted by Gasteiger charge is -1.94. The number of hydrogen-bond acceptors (Lipinski definition) is 3. The van der Waals surface area contributed by atoms with E-state index in [2.05, 4.69) is 0 Å². The van der Waals surface area contributed by atoms with Gasteiger partial charge < -0.3 is 0 Å². The molecule has 6 heteroatoms. The summed E-state index contributed by atoms with van der Waals surface area (Å²) in [6.07, 6.45) is 1.28. The molecule has 1 aromatic heterocycles. The third kappa shape index (κ3) is 2.37. The maximum absolute atomic E-state index is 11.2. The zero-order valence-electron chi connectivity index (χ0n) is 9.20. The third-order valence-corrected chi connectivity index (χ3v) is 3.17. The average Bonchev–Trinajstić information content (AvgIpc) is 2.74. The van der Waals surface area contributed by atoms with Crippen molar-refractivity contribution in [3.63, 3.8) is 0 Å². The van der Waals surface area contributed by atoms with Crippen LogP contribution in [0.1, 0.15) is 6.92 Å². The van der Waals surface area contributed by atoms with Crippen LogP contribution in [0.15, 0.2) is 45.9 Å². The molecule has 0 spiro atoms. The lowest BCUT2D eigenvalue weighted by Crippen LogP contribution is -2.28. The highest BCUT2D eigenvalue weighted by Crippen LogP contribution is 2.25. The number of aromatic nitrogens is 1. The summed E-state index contributed by atoms with van der Waals surface area (Å²) in [7, 11) is -4.29. The van der Waals surface area contributed by atoms with E-state index < -0.39 is 10.1 Å². The minimum atomic E-state index is -4.29. The van der Waals surface area contributed by atoms with Gasteiger partial charge in [-0.15, -0.1) is 0 Å². The molecule has 0 aliphatic rings. The van der Waals surface area contributed by atoms with Crippen LogP contribution in [0, 0.1) is 0 Å². The van der Waals surface area contributed by atoms with Crippen LogP contribution in [0.3, 0.4) is 0 Å². The van der Waals surface area contributed by atoms with E-state index in [4.69, 9.17) is 9.08 Å². The number of hydrogen-bond donors (Lipinski definition) is 1. The molecule has 0 fully saturated rings. The SMILES string of the molecule is CC[n+]1cc(S(=O)(=O)O)c(-c2ccccc2)o1. The molecule has 0 amide bonds. The summed E-state index contributed by atoms with van der Waals surface area (Å²) in [5.41, 5.74) is 0.604. The van der Waals surface area contributed by atoms with Crippen LogP contribution in [0.2, 0.25) is 0 Å². The van der Waals surface area contributed by atoms with Gasteiger partial charge in [0.25, 0.3) is 0 Å². The van der Waals surface area contributed by atoms with Crippen molar-refractivity contribution in [1.82, 2.24) is 0 Å². The zero-order chi connectivity index (χ0) is 12.5. The van der Waals surface area contributed by atoms with E-state index in [1.165, 1.54) is 10.9 Å². The van der Waals surface area contributed by atoms with Crippen molar-refractivity contribution in [2.75, 3.05) is 0 Å². The van der Waals surface area contributed by atoms with Crippen LogP contribution < -0.4 is 4.74 Å². The summed E-state index contributed by atoms with van der Waals surface area (Å²) in [5, 5.41) is 0. The Bertz CT molecular complexity index is 616. The Balaban J connectivity index is 2.65. The molecule has 0 saturated carbocycles. The molecule has 2 aromatic rings. The molecule has 17 heavy (non-hydrogen) atoms. The summed E-state index contributed by atoms with van der Waals surface area (Å²) in [6.45, 7) is 2.29. The van der Waals surface area contributed by atoms with Crippen molar-refractivity contribution in [2.24, 2.45) is 0 Å². The van der Waals surface area contributed by atoms with E-state index in [0.29, 0.717) is 12.1 Å². The molecule has 0 saturated heterocycles. The standard InChI is InChI=1S/C11H11NO4S/c1-2-12-8-10(17(13,14)15)11(16-12)9-6-4-3-5-7-9/h3-8H,2H2,1H3/p+1. The molecule has 0 bridgehead atoms. The fourth-order valence-electron chi connectivity index (χ4n) is 1.50. The summed E-state index contributed by atoms with van der Waals surface area (Å²) >= 11 is 0. The van der Waals surface area contributed by atoms with E-state index in [1.54, 1.807) is 24.3 Å². The molecule has 1 heterocycles. The molecular weight excluding hydrogens is 242 g/mol. The van der Waals surface area contributed by atoms with Crippen LogP contribution in [-0.2, 0) is 16.7 Å². The van der Waals surface area contributed by atoms with Gasteiger partial charge in [0.05, 0.1) is 0 Å². The lowest BCUT2D eigenvalue weighted by molar-refractivity contribution is -0.860. The van der Waals surface area contributed by atoms with Crippen molar-refractivity contribution in [2.45, 2.75) is 18.4 Å². The molecule has 1 N–H and O–H groups in total. The first-order valence-corrected chi connectivity index (χ1v) is 6.53. The van der Waals surface area contributed by atoms with Gasteiger partial charge in [-0.2, -0.15) is 8.42 Å². The fraction of sp³-hybridized carbons (Fsp3) is 0.182. The maximum atomic E-state index is 11.2. The van der Waals surface area contributed by atoms with E-state index in [0.717, 1.165) is 0 Å². The maximum Gasteiger partial charge on any atom is 0.304 e. The van der Waals surface area contributed by atoms with Gasteiger partial charge >= 0.3 is 10.1 Å². The molecular formula is C11H12NO4S+. The van der Waals surface area contributed by atoms with Crippen molar-refractivity contribution in [1.29, 1.82) is 0 Å². The fourth-order valence-corrected chi connectivity index (χ4v) is 2.14. The third-order valence-electron chi connectivity index (χ3n) is 2.32. The minimum Gasteiger partial charge on any atom is -0.282 e. The minimum absolute atomic E-state index is 0.148. The van der Waals surface area contributed by atoms with Crippen LogP contribution in [0.5, 0.6) is 0 Å². The van der Waals surface area contributed by atoms with Gasteiger partial charge in [0, 0.05) is 5.56 Å². The van der Waals surface area contributed by atoms with E-state index in [1.807, 2.05) is 13.0 Å². The predicted octanol–water partition coefficient (Wildman–Crippen LogP) is 1.50. The van der Waals surface area contributed by atoms with Crippen LogP contribution in [-0.4, -0.2) is 13.0 Å². The van der Waals surface area contributed by atoms with Crippen LogP contribution in [0.25, 0.3) is 11.3 Å². The van der Waals surface area contributed by atoms with Crippen LogP contribution in [0.4, 0.5) is 0 Å². The first-order valence-electron chi connectivity index (χ1n) is 5.09. The summed E-state index contributed by atoms with van der Waals surface area (Å²) in [4.78, 5) is -0.217. The largest absolute Gasteiger partial charge is 0.304 e. The Morgan fingerprint density at radius 2 is 1.94 bits per heavy atom. The molecule has 0 atom stereocenters. The van der Waals surface area contributed by atoms with Crippen LogP contribution >= 0.6 is 0 Å². The lowest BCUT2D eigenvalue weighted by atomic mass is 10.2. The topological polar surface area (TPSA) is 71.4 Å². The second-order valence-corrected chi connectivity index (χ2v) is 4.88. The van der Waals surface area contributed by atoms with E-state index in [9.17, 15) is 8.42 Å². The summed E-state index contributed by atoms with van der Waals surface area (Å²) in [6, 6.07) is 8.78. The Morgan fingerprint density at radius 1 is 1.29 bits per heavy atom. The molecule has 0 unspecified atom stereocenters. The Hall–Kier alpha value is -1.66. The van der Waals surface area contributed by atoms with Gasteiger partial charge in [0.2, 0.25) is 16.9 Å². The highest BCUT2D eigenvalue weighted by molar-refractivity contribution is 7.86. The average molecular weight is 254 g/mol. The van der Waals surface area contributed by atoms with Gasteiger partial charge in [0.15, 0.2) is 6.54 Å². The Morgan fingerprint density at radius 3 is 2.47 bits per heavy atom. The highest BCUT2D eigenvalue weighted by atomic mass is 32.2. The monoisotopic (exact) mass is 254 g/mol. The Labute approximate surface area is 99.0 Å². The molecule has 1 aromatic carbocycles. The van der Waals surface area contributed by atoms with E-state index >= 15 is 0 Å². The van der Waals surface area contributed by atoms with Crippen molar-refractivity contribution < 1.29 is 22.2 Å². The van der Waals surface area contributed by atoms with Crippen molar-refractivity contribution >= 4 is 10.1 Å². The summed E-state index contributed by atoms with van der Waals surface area (Å²) in [5.74, 6) is 0.148. The van der Waals surface area contributed by atoms with Crippen molar-refractivity contribution in [3.05, 3.63) is 36.5 Å². The second kappa shape index (κ2) is 4.31. The first kappa shape index (κ1) is 11.8. The molecule has 2 rings (SSSR count). The summed E-state index contributed by atoms with van der Waals surface area (Å²) < 4.78 is 38.3. The van der Waals surface area contributed by atoms with Gasteiger partial charge in [-0.25, -0.2) is 4.52 Å². The number of rotatable bonds is 3. The quantitative estimate of drug-likeness (QED) is 0.665. The number of nitrogens with zero attached hydrogens (tertiary/aromatic N) is 1. The molecule has 0 aliphatic heterocycles. The van der Waals surface area contributed by atoms with Gasteiger partial charge in [-0.1, -0.05) is 30.3 Å².